The maximum absolute atomic E-state index is 11.8. The number of hydrogen-bond acceptors (Lipinski definition) is 8. The lowest BCUT2D eigenvalue weighted by Crippen LogP contribution is -2.09. The molecular formula is C32H42N2O6. The highest BCUT2D eigenvalue weighted by atomic mass is 16.5. The predicted octanol–water partition coefficient (Wildman–Crippen LogP) is 5.24. The Bertz CT molecular complexity index is 1390. The van der Waals surface area contributed by atoms with E-state index in [-0.39, 0.29) is 6.61 Å². The molecular weight excluding hydrogens is 508 g/mol. The molecule has 0 radical (unpaired) electrons. The van der Waals surface area contributed by atoms with E-state index in [1.165, 1.54) is 0 Å². The number of aliphatic hydroxyl groups is 2. The normalized spacial score (nSPS) is 11.1. The van der Waals surface area contributed by atoms with Gasteiger partial charge in [0, 0.05) is 67.2 Å². The number of aliphatic hydroxyl groups excluding tert-OH is 2. The summed E-state index contributed by atoms with van der Waals surface area (Å²) in [6.45, 7) is 11.5. The van der Waals surface area contributed by atoms with E-state index in [0.717, 1.165) is 75.5 Å². The molecule has 0 bridgehead atoms. The SMILES string of the molecule is CCN=c1cc2oc3cc(NCC)c(C)cc3c(-c3ccccc3C=O)c-2cc1C.CO.COCCOCCO. The van der Waals surface area contributed by atoms with Crippen molar-refractivity contribution in [3.8, 4) is 22.5 Å². The van der Waals surface area contributed by atoms with Gasteiger partial charge < -0.3 is 29.4 Å². The molecule has 8 heteroatoms. The zero-order valence-corrected chi connectivity index (χ0v) is 24.4. The Kier molecular flexibility index (Phi) is 14.0. The summed E-state index contributed by atoms with van der Waals surface area (Å²) < 4.78 is 15.9. The van der Waals surface area contributed by atoms with Crippen molar-refractivity contribution in [2.24, 2.45) is 4.99 Å². The van der Waals surface area contributed by atoms with Crippen LogP contribution in [0.15, 0.2) is 57.9 Å². The second-order valence-electron chi connectivity index (χ2n) is 8.81. The molecule has 0 amide bonds. The Morgan fingerprint density at radius 3 is 2.38 bits per heavy atom. The molecule has 1 heterocycles. The molecule has 4 rings (SSSR count). The second kappa shape index (κ2) is 17.2. The smallest absolute Gasteiger partial charge is 0.150 e. The highest BCUT2D eigenvalue weighted by Gasteiger charge is 2.20. The number of methoxy groups -OCH3 is 1. The first-order chi connectivity index (χ1) is 19.5. The highest BCUT2D eigenvalue weighted by molar-refractivity contribution is 6.06. The number of rotatable bonds is 10. The van der Waals surface area contributed by atoms with Crippen LogP contribution >= 0.6 is 0 Å². The first-order valence-corrected chi connectivity index (χ1v) is 13.4. The van der Waals surface area contributed by atoms with Crippen LogP contribution in [0.2, 0.25) is 0 Å². The molecule has 0 aromatic heterocycles. The molecule has 0 fully saturated rings. The van der Waals surface area contributed by atoms with Gasteiger partial charge >= 0.3 is 0 Å². The average Bonchev–Trinajstić information content (AvgIpc) is 2.97. The Labute approximate surface area is 236 Å². The Morgan fingerprint density at radius 2 is 1.73 bits per heavy atom. The number of benzene rings is 3. The molecule has 1 aliphatic heterocycles. The fraction of sp³-hybridized carbons (Fsp3) is 0.375. The van der Waals surface area contributed by atoms with E-state index < -0.39 is 0 Å². The highest BCUT2D eigenvalue weighted by Crippen LogP contribution is 2.42. The van der Waals surface area contributed by atoms with Gasteiger partial charge in [-0.3, -0.25) is 9.79 Å². The van der Waals surface area contributed by atoms with Gasteiger partial charge in [0.15, 0.2) is 6.29 Å². The average molecular weight is 551 g/mol. The molecule has 0 saturated heterocycles. The van der Waals surface area contributed by atoms with Crippen molar-refractivity contribution in [1.82, 2.24) is 0 Å². The van der Waals surface area contributed by atoms with Crippen LogP contribution in [0, 0.1) is 13.8 Å². The van der Waals surface area contributed by atoms with E-state index in [1.807, 2.05) is 37.3 Å². The predicted molar refractivity (Wildman–Crippen MR) is 161 cm³/mol. The molecule has 8 nitrogen and oxygen atoms in total. The molecule has 2 aromatic carbocycles. The zero-order chi connectivity index (χ0) is 29.5. The quantitative estimate of drug-likeness (QED) is 0.141. The molecule has 3 N–H and O–H groups in total. The number of carbonyl (C=O) groups is 1. The molecule has 216 valence electrons. The van der Waals surface area contributed by atoms with Gasteiger partial charge in [0.25, 0.3) is 0 Å². The third-order valence-electron chi connectivity index (χ3n) is 6.10. The van der Waals surface area contributed by atoms with Crippen LogP contribution < -0.4 is 10.7 Å². The minimum absolute atomic E-state index is 0.0870. The fourth-order valence-corrected chi connectivity index (χ4v) is 4.34. The van der Waals surface area contributed by atoms with Crippen LogP contribution in [-0.2, 0) is 9.47 Å². The van der Waals surface area contributed by atoms with E-state index in [2.05, 4.69) is 54.0 Å². The minimum Gasteiger partial charge on any atom is -0.456 e. The van der Waals surface area contributed by atoms with Gasteiger partial charge in [0.2, 0.25) is 0 Å². The minimum atomic E-state index is 0.0870. The number of aldehydes is 1. The van der Waals surface area contributed by atoms with Crippen molar-refractivity contribution in [2.75, 3.05) is 59.1 Å². The number of aryl methyl sites for hydroxylation is 2. The number of hydrogen-bond donors (Lipinski definition) is 3. The van der Waals surface area contributed by atoms with Gasteiger partial charge in [-0.15, -0.1) is 0 Å². The number of carbonyl (C=O) groups excluding carboxylic acids is 1. The Balaban J connectivity index is 0.000000484. The molecule has 40 heavy (non-hydrogen) atoms. The Hall–Kier alpha value is -3.56. The van der Waals surface area contributed by atoms with E-state index in [1.54, 1.807) is 7.11 Å². The first-order valence-electron chi connectivity index (χ1n) is 13.4. The van der Waals surface area contributed by atoms with Crippen molar-refractivity contribution in [3.63, 3.8) is 0 Å². The maximum atomic E-state index is 11.8. The maximum Gasteiger partial charge on any atom is 0.150 e. The summed E-state index contributed by atoms with van der Waals surface area (Å²) in [6, 6.07) is 16.1. The Morgan fingerprint density at radius 1 is 0.975 bits per heavy atom. The van der Waals surface area contributed by atoms with Crippen LogP contribution in [0.1, 0.15) is 35.3 Å². The molecule has 2 aromatic rings. The van der Waals surface area contributed by atoms with E-state index in [0.29, 0.717) is 31.9 Å². The van der Waals surface area contributed by atoms with Crippen LogP contribution in [-0.4, -0.2) is 70.2 Å². The largest absolute Gasteiger partial charge is 0.456 e. The number of anilines is 1. The van der Waals surface area contributed by atoms with E-state index >= 15 is 0 Å². The van der Waals surface area contributed by atoms with Crippen LogP contribution in [0.3, 0.4) is 0 Å². The van der Waals surface area contributed by atoms with Crippen molar-refractivity contribution in [2.45, 2.75) is 27.7 Å². The molecule has 0 spiro atoms. The van der Waals surface area contributed by atoms with Crippen LogP contribution in [0.5, 0.6) is 0 Å². The summed E-state index contributed by atoms with van der Waals surface area (Å²) in [7, 11) is 2.61. The van der Waals surface area contributed by atoms with Gasteiger partial charge in [-0.1, -0.05) is 24.3 Å². The summed E-state index contributed by atoms with van der Waals surface area (Å²) in [6.07, 6.45) is 0.921. The van der Waals surface area contributed by atoms with Crippen molar-refractivity contribution in [3.05, 3.63) is 70.6 Å². The lowest BCUT2D eigenvalue weighted by molar-refractivity contribution is 0.0500. The second-order valence-corrected chi connectivity index (χ2v) is 8.81. The van der Waals surface area contributed by atoms with Gasteiger partial charge in [-0.05, 0) is 56.5 Å². The lowest BCUT2D eigenvalue weighted by atomic mass is 9.89. The monoisotopic (exact) mass is 550 g/mol. The first kappa shape index (κ1) is 32.7. The summed E-state index contributed by atoms with van der Waals surface area (Å²) >= 11 is 0. The van der Waals surface area contributed by atoms with Crippen molar-refractivity contribution < 1.29 is 28.9 Å². The molecule has 0 atom stereocenters. The topological polar surface area (TPSA) is 114 Å². The van der Waals surface area contributed by atoms with Crippen molar-refractivity contribution in [1.29, 1.82) is 0 Å². The van der Waals surface area contributed by atoms with Crippen molar-refractivity contribution >= 4 is 22.9 Å². The van der Waals surface area contributed by atoms with Gasteiger partial charge in [0.05, 0.1) is 31.8 Å². The number of ether oxygens (including phenoxy) is 2. The summed E-state index contributed by atoms with van der Waals surface area (Å²) in [5.41, 5.74) is 7.64. The molecule has 0 saturated carbocycles. The van der Waals surface area contributed by atoms with Crippen LogP contribution in [0.25, 0.3) is 33.4 Å². The standard InChI is InChI=1S/C26H26N2O2.C5H12O3.CH4O/c1-5-27-22-13-24-20(11-16(22)3)26(19-10-8-7-9-18(19)15-29)21-12-17(4)23(28-6-2)14-25(21)30-24;1-7-4-5-8-3-2-6;1-2/h7-15,27H,5-6H2,1-4H3;6H,2-5H2,1H3;2H,1H3. The van der Waals surface area contributed by atoms with Gasteiger partial charge in [-0.2, -0.15) is 0 Å². The van der Waals surface area contributed by atoms with Crippen LogP contribution in [0.4, 0.5) is 5.69 Å². The number of nitrogens with zero attached hydrogens (tertiary/aromatic N) is 1. The number of fused-ring (bicyclic) bond motifs is 2. The van der Waals surface area contributed by atoms with Gasteiger partial charge in [0.1, 0.15) is 11.3 Å². The molecule has 0 unspecified atom stereocenters. The summed E-state index contributed by atoms with van der Waals surface area (Å²) in [5.74, 6) is 0.766. The van der Waals surface area contributed by atoms with E-state index in [9.17, 15) is 4.79 Å². The zero-order valence-electron chi connectivity index (χ0n) is 24.4. The third kappa shape index (κ3) is 8.22. The summed E-state index contributed by atoms with van der Waals surface area (Å²) in [4.78, 5) is 16.4. The fourth-order valence-electron chi connectivity index (χ4n) is 4.34. The lowest BCUT2D eigenvalue weighted by Gasteiger charge is -2.19. The summed E-state index contributed by atoms with van der Waals surface area (Å²) in [5, 5.41) is 20.5. The number of nitrogens with one attached hydrogen (secondary N) is 1. The third-order valence-corrected chi connectivity index (χ3v) is 6.10. The van der Waals surface area contributed by atoms with Gasteiger partial charge in [-0.25, -0.2) is 0 Å². The molecule has 2 aliphatic rings. The van der Waals surface area contributed by atoms with E-state index in [4.69, 9.17) is 19.4 Å². The molecule has 1 aliphatic carbocycles.